The summed E-state index contributed by atoms with van der Waals surface area (Å²) in [5.74, 6) is 0.0130. The van der Waals surface area contributed by atoms with Crippen LogP contribution >= 0.6 is 22.7 Å². The Morgan fingerprint density at radius 2 is 2.05 bits per heavy atom. The van der Waals surface area contributed by atoms with Gasteiger partial charge in [-0.2, -0.15) is 0 Å². The molecule has 1 aromatic carbocycles. The number of hydrogen-bond donors (Lipinski definition) is 1. The summed E-state index contributed by atoms with van der Waals surface area (Å²) < 4.78 is 0. The maximum absolute atomic E-state index is 12.0. The predicted molar refractivity (Wildman–Crippen MR) is 92.2 cm³/mol. The summed E-state index contributed by atoms with van der Waals surface area (Å²) in [5.41, 5.74) is 3.27. The highest BCUT2D eigenvalue weighted by atomic mass is 32.1. The van der Waals surface area contributed by atoms with Crippen molar-refractivity contribution in [1.29, 1.82) is 0 Å². The van der Waals surface area contributed by atoms with Crippen molar-refractivity contribution in [1.82, 2.24) is 10.3 Å². The highest BCUT2D eigenvalue weighted by molar-refractivity contribution is 7.10. The number of aryl methyl sites for hydroxylation is 1. The molecule has 0 saturated carbocycles. The number of amides is 1. The van der Waals surface area contributed by atoms with E-state index in [1.165, 1.54) is 16.9 Å². The Bertz CT molecular complexity index is 763. The lowest BCUT2D eigenvalue weighted by atomic mass is 10.1. The van der Waals surface area contributed by atoms with Gasteiger partial charge >= 0.3 is 0 Å². The first-order valence-corrected chi connectivity index (χ1v) is 8.78. The fourth-order valence-corrected chi connectivity index (χ4v) is 3.61. The van der Waals surface area contributed by atoms with Gasteiger partial charge in [0.15, 0.2) is 0 Å². The van der Waals surface area contributed by atoms with E-state index in [9.17, 15) is 4.79 Å². The Morgan fingerprint density at radius 1 is 1.18 bits per heavy atom. The standard InChI is InChI=1S/C17H16N2OS2/c1-12-5-2-3-7-14(12)15-11-22-17(19-15)9-16(20)18-10-13-6-4-8-21-13/h2-8,11H,9-10H2,1H3,(H,18,20). The zero-order valence-electron chi connectivity index (χ0n) is 12.2. The van der Waals surface area contributed by atoms with E-state index in [-0.39, 0.29) is 5.91 Å². The third kappa shape index (κ3) is 3.61. The molecular weight excluding hydrogens is 312 g/mol. The maximum Gasteiger partial charge on any atom is 0.227 e. The smallest absolute Gasteiger partial charge is 0.227 e. The van der Waals surface area contributed by atoms with Crippen LogP contribution in [0.1, 0.15) is 15.4 Å². The average Bonchev–Trinajstić information content (AvgIpc) is 3.17. The molecule has 3 aromatic rings. The van der Waals surface area contributed by atoms with Gasteiger partial charge in [-0.15, -0.1) is 22.7 Å². The van der Waals surface area contributed by atoms with Gasteiger partial charge in [-0.25, -0.2) is 4.98 Å². The van der Waals surface area contributed by atoms with Crippen LogP contribution in [0.2, 0.25) is 0 Å². The number of aromatic nitrogens is 1. The van der Waals surface area contributed by atoms with Crippen LogP contribution in [0.5, 0.6) is 0 Å². The van der Waals surface area contributed by atoms with Crippen LogP contribution in [0.3, 0.4) is 0 Å². The molecule has 1 amide bonds. The Labute approximate surface area is 137 Å². The van der Waals surface area contributed by atoms with Crippen LogP contribution in [-0.2, 0) is 17.8 Å². The number of carbonyl (C=O) groups is 1. The van der Waals surface area contributed by atoms with Gasteiger partial charge < -0.3 is 5.32 Å². The summed E-state index contributed by atoms with van der Waals surface area (Å²) >= 11 is 3.18. The van der Waals surface area contributed by atoms with Crippen LogP contribution in [0.15, 0.2) is 47.2 Å². The van der Waals surface area contributed by atoms with Gasteiger partial charge in [-0.3, -0.25) is 4.79 Å². The molecule has 0 atom stereocenters. The topological polar surface area (TPSA) is 42.0 Å². The molecule has 3 nitrogen and oxygen atoms in total. The maximum atomic E-state index is 12.0. The van der Waals surface area contributed by atoms with E-state index >= 15 is 0 Å². The summed E-state index contributed by atoms with van der Waals surface area (Å²) in [6, 6.07) is 12.2. The van der Waals surface area contributed by atoms with Gasteiger partial charge in [0.1, 0.15) is 5.01 Å². The summed E-state index contributed by atoms with van der Waals surface area (Å²) in [6.45, 7) is 2.66. The minimum absolute atomic E-state index is 0.0130. The van der Waals surface area contributed by atoms with Crippen molar-refractivity contribution in [2.75, 3.05) is 0 Å². The zero-order valence-corrected chi connectivity index (χ0v) is 13.8. The lowest BCUT2D eigenvalue weighted by Crippen LogP contribution is -2.24. The molecule has 0 aliphatic carbocycles. The average molecular weight is 328 g/mol. The molecule has 22 heavy (non-hydrogen) atoms. The minimum Gasteiger partial charge on any atom is -0.351 e. The third-order valence-electron chi connectivity index (χ3n) is 3.32. The number of thiophene rings is 1. The first-order valence-electron chi connectivity index (χ1n) is 7.02. The van der Waals surface area contributed by atoms with E-state index in [0.29, 0.717) is 13.0 Å². The molecule has 0 radical (unpaired) electrons. The molecule has 3 rings (SSSR count). The van der Waals surface area contributed by atoms with Gasteiger partial charge in [0.25, 0.3) is 0 Å². The van der Waals surface area contributed by atoms with Crippen molar-refractivity contribution in [3.8, 4) is 11.3 Å². The monoisotopic (exact) mass is 328 g/mol. The van der Waals surface area contributed by atoms with Crippen LogP contribution in [0.25, 0.3) is 11.3 Å². The highest BCUT2D eigenvalue weighted by Crippen LogP contribution is 2.25. The van der Waals surface area contributed by atoms with Crippen molar-refractivity contribution >= 4 is 28.6 Å². The number of nitrogens with one attached hydrogen (secondary N) is 1. The van der Waals surface area contributed by atoms with Crippen molar-refractivity contribution in [2.45, 2.75) is 19.9 Å². The van der Waals surface area contributed by atoms with E-state index < -0.39 is 0 Å². The van der Waals surface area contributed by atoms with E-state index in [4.69, 9.17) is 0 Å². The van der Waals surface area contributed by atoms with Crippen LogP contribution in [0.4, 0.5) is 0 Å². The number of hydrogen-bond acceptors (Lipinski definition) is 4. The molecule has 0 aliphatic rings. The molecule has 1 N–H and O–H groups in total. The second-order valence-corrected chi connectivity index (χ2v) is 6.95. The molecule has 2 heterocycles. The number of nitrogens with zero attached hydrogens (tertiary/aromatic N) is 1. The minimum atomic E-state index is 0.0130. The highest BCUT2D eigenvalue weighted by Gasteiger charge is 2.10. The van der Waals surface area contributed by atoms with Crippen LogP contribution in [-0.4, -0.2) is 10.9 Å². The molecule has 0 aliphatic heterocycles. The Morgan fingerprint density at radius 3 is 2.82 bits per heavy atom. The lowest BCUT2D eigenvalue weighted by molar-refractivity contribution is -0.120. The number of carbonyl (C=O) groups excluding carboxylic acids is 1. The fraction of sp³-hybridized carbons (Fsp3) is 0.176. The van der Waals surface area contributed by atoms with E-state index in [2.05, 4.69) is 29.4 Å². The SMILES string of the molecule is Cc1ccccc1-c1csc(CC(=O)NCc2cccs2)n1. The molecule has 0 unspecified atom stereocenters. The summed E-state index contributed by atoms with van der Waals surface area (Å²) in [6.07, 6.45) is 0.335. The number of thiazole rings is 1. The Balaban J connectivity index is 1.62. The van der Waals surface area contributed by atoms with Crippen molar-refractivity contribution in [2.24, 2.45) is 0 Å². The van der Waals surface area contributed by atoms with E-state index in [1.807, 2.05) is 35.0 Å². The van der Waals surface area contributed by atoms with Crippen LogP contribution < -0.4 is 5.32 Å². The molecule has 2 aromatic heterocycles. The molecule has 0 fully saturated rings. The zero-order chi connectivity index (χ0) is 15.4. The second-order valence-electron chi connectivity index (χ2n) is 4.97. The Hall–Kier alpha value is -1.98. The quantitative estimate of drug-likeness (QED) is 0.768. The predicted octanol–water partition coefficient (Wildman–Crippen LogP) is 4.04. The van der Waals surface area contributed by atoms with Crippen molar-refractivity contribution in [3.05, 3.63) is 62.6 Å². The third-order valence-corrected chi connectivity index (χ3v) is 5.05. The van der Waals surface area contributed by atoms with Gasteiger partial charge in [-0.05, 0) is 23.9 Å². The fourth-order valence-electron chi connectivity index (χ4n) is 2.17. The molecule has 112 valence electrons. The van der Waals surface area contributed by atoms with Crippen molar-refractivity contribution < 1.29 is 4.79 Å². The van der Waals surface area contributed by atoms with Crippen LogP contribution in [0, 0.1) is 6.92 Å². The van der Waals surface area contributed by atoms with Gasteiger partial charge in [0.05, 0.1) is 18.7 Å². The second kappa shape index (κ2) is 6.85. The van der Waals surface area contributed by atoms with Crippen molar-refractivity contribution in [3.63, 3.8) is 0 Å². The largest absolute Gasteiger partial charge is 0.351 e. The molecule has 5 heteroatoms. The molecular formula is C17H16N2OS2. The molecule has 0 saturated heterocycles. The molecule has 0 bridgehead atoms. The first-order chi connectivity index (χ1) is 10.7. The van der Waals surface area contributed by atoms with Gasteiger partial charge in [0, 0.05) is 15.8 Å². The number of benzene rings is 1. The first kappa shape index (κ1) is 14.9. The van der Waals surface area contributed by atoms with Gasteiger partial charge in [-0.1, -0.05) is 30.3 Å². The summed E-state index contributed by atoms with van der Waals surface area (Å²) in [5, 5.41) is 7.81. The van der Waals surface area contributed by atoms with Gasteiger partial charge in [0.2, 0.25) is 5.91 Å². The van der Waals surface area contributed by atoms with E-state index in [1.54, 1.807) is 11.3 Å². The molecule has 0 spiro atoms. The Kier molecular flexibility index (Phi) is 4.65. The summed E-state index contributed by atoms with van der Waals surface area (Å²) in [7, 11) is 0. The van der Waals surface area contributed by atoms with E-state index in [0.717, 1.165) is 21.1 Å². The lowest BCUT2D eigenvalue weighted by Gasteiger charge is -2.02. The summed E-state index contributed by atoms with van der Waals surface area (Å²) in [4.78, 5) is 17.7. The normalized spacial score (nSPS) is 10.6. The number of rotatable bonds is 5.